The zero-order valence-electron chi connectivity index (χ0n) is 13.9. The Kier molecular flexibility index (Phi) is 5.68. The molecule has 2 N–H and O–H groups in total. The summed E-state index contributed by atoms with van der Waals surface area (Å²) in [7, 11) is 0. The lowest BCUT2D eigenvalue weighted by molar-refractivity contribution is 0.0947. The highest BCUT2D eigenvalue weighted by Gasteiger charge is 2.25. The van der Waals surface area contributed by atoms with Crippen LogP contribution in [0, 0.1) is 0 Å². The second-order valence-electron chi connectivity index (χ2n) is 5.98. The van der Waals surface area contributed by atoms with Crippen molar-refractivity contribution in [3.63, 3.8) is 0 Å². The number of rotatable bonds is 6. The lowest BCUT2D eigenvalue weighted by Gasteiger charge is -2.14. The van der Waals surface area contributed by atoms with Gasteiger partial charge in [0.25, 0.3) is 5.91 Å². The molecule has 1 amide bonds. The molecule has 1 aromatic carbocycles. The van der Waals surface area contributed by atoms with E-state index < -0.39 is 0 Å². The minimum atomic E-state index is -0.0677. The first kappa shape index (κ1) is 17.2. The third-order valence-corrected chi connectivity index (χ3v) is 4.83. The SMILES string of the molecule is CCNCCNC(=O)c1nn(-c2ccc(Br)cc2)c2c1CCCC2. The number of amides is 1. The molecule has 0 atom stereocenters. The van der Waals surface area contributed by atoms with Crippen LogP contribution in [0.2, 0.25) is 0 Å². The molecule has 0 saturated carbocycles. The van der Waals surface area contributed by atoms with Crippen molar-refractivity contribution in [1.82, 2.24) is 20.4 Å². The zero-order valence-corrected chi connectivity index (χ0v) is 15.5. The Morgan fingerprint density at radius 1 is 1.21 bits per heavy atom. The molecule has 0 fully saturated rings. The number of aromatic nitrogens is 2. The van der Waals surface area contributed by atoms with Gasteiger partial charge < -0.3 is 10.6 Å². The van der Waals surface area contributed by atoms with Gasteiger partial charge in [0.05, 0.1) is 5.69 Å². The van der Waals surface area contributed by atoms with Gasteiger partial charge in [-0.1, -0.05) is 22.9 Å². The number of hydrogen-bond acceptors (Lipinski definition) is 3. The Morgan fingerprint density at radius 3 is 2.71 bits per heavy atom. The van der Waals surface area contributed by atoms with Crippen molar-refractivity contribution in [2.45, 2.75) is 32.6 Å². The Morgan fingerprint density at radius 2 is 1.96 bits per heavy atom. The summed E-state index contributed by atoms with van der Waals surface area (Å²) in [5.74, 6) is -0.0677. The van der Waals surface area contributed by atoms with Crippen LogP contribution in [0.1, 0.15) is 41.5 Å². The zero-order chi connectivity index (χ0) is 16.9. The Hall–Kier alpha value is -1.66. The molecule has 3 rings (SSSR count). The highest BCUT2D eigenvalue weighted by Crippen LogP contribution is 2.27. The molecule has 6 heteroatoms. The molecule has 0 spiro atoms. The molecule has 0 radical (unpaired) electrons. The summed E-state index contributed by atoms with van der Waals surface area (Å²) in [6.45, 7) is 4.35. The molecule has 0 unspecified atom stereocenters. The Bertz CT molecular complexity index is 709. The monoisotopic (exact) mass is 390 g/mol. The van der Waals surface area contributed by atoms with Gasteiger partial charge in [-0.25, -0.2) is 4.68 Å². The summed E-state index contributed by atoms with van der Waals surface area (Å²) in [5.41, 5.74) is 3.89. The summed E-state index contributed by atoms with van der Waals surface area (Å²) in [5, 5.41) is 10.8. The van der Waals surface area contributed by atoms with E-state index in [9.17, 15) is 4.79 Å². The van der Waals surface area contributed by atoms with Crippen molar-refractivity contribution in [2.24, 2.45) is 0 Å². The maximum Gasteiger partial charge on any atom is 0.272 e. The molecule has 0 aliphatic heterocycles. The molecule has 0 bridgehead atoms. The van der Waals surface area contributed by atoms with Crippen LogP contribution in [0.15, 0.2) is 28.7 Å². The predicted octanol–water partition coefficient (Wildman–Crippen LogP) is 2.85. The van der Waals surface area contributed by atoms with Gasteiger partial charge in [-0.15, -0.1) is 0 Å². The van der Waals surface area contributed by atoms with Gasteiger partial charge in [-0.3, -0.25) is 4.79 Å². The van der Waals surface area contributed by atoms with Gasteiger partial charge in [0, 0.05) is 28.8 Å². The second-order valence-corrected chi connectivity index (χ2v) is 6.89. The van der Waals surface area contributed by atoms with Gasteiger partial charge in [-0.2, -0.15) is 5.10 Å². The van der Waals surface area contributed by atoms with Crippen molar-refractivity contribution in [2.75, 3.05) is 19.6 Å². The molecule has 5 nitrogen and oxygen atoms in total. The van der Waals surface area contributed by atoms with Crippen LogP contribution < -0.4 is 10.6 Å². The summed E-state index contributed by atoms with van der Waals surface area (Å²) in [6.07, 6.45) is 4.18. The molecule has 128 valence electrons. The minimum absolute atomic E-state index is 0.0677. The highest BCUT2D eigenvalue weighted by molar-refractivity contribution is 9.10. The Labute approximate surface area is 151 Å². The summed E-state index contributed by atoms with van der Waals surface area (Å²) >= 11 is 3.46. The van der Waals surface area contributed by atoms with E-state index in [-0.39, 0.29) is 5.91 Å². The van der Waals surface area contributed by atoms with Crippen molar-refractivity contribution < 1.29 is 4.79 Å². The van der Waals surface area contributed by atoms with Crippen molar-refractivity contribution in [3.8, 4) is 5.69 Å². The summed E-state index contributed by atoms with van der Waals surface area (Å²) in [4.78, 5) is 12.6. The largest absolute Gasteiger partial charge is 0.349 e. The molecule has 0 saturated heterocycles. The lowest BCUT2D eigenvalue weighted by Crippen LogP contribution is -2.32. The van der Waals surface area contributed by atoms with Gasteiger partial charge in [0.1, 0.15) is 0 Å². The summed E-state index contributed by atoms with van der Waals surface area (Å²) in [6, 6.07) is 8.06. The molecular formula is C18H23BrN4O. The lowest BCUT2D eigenvalue weighted by atomic mass is 9.95. The van der Waals surface area contributed by atoms with Crippen LogP contribution in [0.5, 0.6) is 0 Å². The van der Waals surface area contributed by atoms with Gasteiger partial charge in [0.15, 0.2) is 5.69 Å². The maximum absolute atomic E-state index is 12.6. The van der Waals surface area contributed by atoms with Crippen molar-refractivity contribution in [3.05, 3.63) is 45.7 Å². The van der Waals surface area contributed by atoms with Crippen LogP contribution >= 0.6 is 15.9 Å². The van der Waals surface area contributed by atoms with Crippen LogP contribution in [-0.2, 0) is 12.8 Å². The first-order valence-electron chi connectivity index (χ1n) is 8.56. The van der Waals surface area contributed by atoms with E-state index in [0.29, 0.717) is 12.2 Å². The fourth-order valence-electron chi connectivity index (χ4n) is 3.10. The van der Waals surface area contributed by atoms with E-state index in [4.69, 9.17) is 0 Å². The standard InChI is InChI=1S/C18H23BrN4O/c1-2-20-11-12-21-18(24)17-15-5-3-4-6-16(15)23(22-17)14-9-7-13(19)8-10-14/h7-10,20H,2-6,11-12H2,1H3,(H,21,24). The quantitative estimate of drug-likeness (QED) is 0.745. The van der Waals surface area contributed by atoms with Gasteiger partial charge in [0.2, 0.25) is 0 Å². The Balaban J connectivity index is 1.87. The third kappa shape index (κ3) is 3.70. The number of benzene rings is 1. The molecule has 2 aromatic rings. The molecule has 1 aromatic heterocycles. The van der Waals surface area contributed by atoms with E-state index in [2.05, 4.69) is 38.6 Å². The molecule has 1 aliphatic carbocycles. The normalized spacial score (nSPS) is 13.6. The molecular weight excluding hydrogens is 368 g/mol. The smallest absolute Gasteiger partial charge is 0.272 e. The van der Waals surface area contributed by atoms with Crippen molar-refractivity contribution >= 4 is 21.8 Å². The first-order valence-corrected chi connectivity index (χ1v) is 9.35. The average Bonchev–Trinajstić information content (AvgIpc) is 2.99. The van der Waals surface area contributed by atoms with E-state index in [1.54, 1.807) is 0 Å². The molecule has 24 heavy (non-hydrogen) atoms. The number of halogens is 1. The van der Waals surface area contributed by atoms with Gasteiger partial charge >= 0.3 is 0 Å². The van der Waals surface area contributed by atoms with Crippen LogP contribution in [-0.4, -0.2) is 35.3 Å². The van der Waals surface area contributed by atoms with E-state index >= 15 is 0 Å². The van der Waals surface area contributed by atoms with Crippen LogP contribution in [0.25, 0.3) is 5.69 Å². The molecule has 1 aliphatic rings. The number of nitrogens with zero attached hydrogens (tertiary/aromatic N) is 2. The van der Waals surface area contributed by atoms with Crippen molar-refractivity contribution in [1.29, 1.82) is 0 Å². The number of fused-ring (bicyclic) bond motifs is 1. The van der Waals surface area contributed by atoms with Crippen LogP contribution in [0.3, 0.4) is 0 Å². The van der Waals surface area contributed by atoms with E-state index in [0.717, 1.165) is 54.5 Å². The number of carbonyl (C=O) groups excluding carboxylic acids is 1. The second kappa shape index (κ2) is 7.94. The highest BCUT2D eigenvalue weighted by atomic mass is 79.9. The first-order chi connectivity index (χ1) is 11.7. The summed E-state index contributed by atoms with van der Waals surface area (Å²) < 4.78 is 2.98. The number of carbonyl (C=O) groups is 1. The maximum atomic E-state index is 12.6. The minimum Gasteiger partial charge on any atom is -0.349 e. The topological polar surface area (TPSA) is 58.9 Å². The number of nitrogens with one attached hydrogen (secondary N) is 2. The number of hydrogen-bond donors (Lipinski definition) is 2. The fraction of sp³-hybridized carbons (Fsp3) is 0.444. The van der Waals surface area contributed by atoms with E-state index in [1.165, 1.54) is 5.69 Å². The fourth-order valence-corrected chi connectivity index (χ4v) is 3.37. The average molecular weight is 391 g/mol. The van der Waals surface area contributed by atoms with Gasteiger partial charge in [-0.05, 0) is 56.5 Å². The molecule has 1 heterocycles. The third-order valence-electron chi connectivity index (χ3n) is 4.30. The van der Waals surface area contributed by atoms with E-state index in [1.807, 2.05) is 28.9 Å². The number of likely N-dealkylation sites (N-methyl/N-ethyl adjacent to an activating group) is 1. The predicted molar refractivity (Wildman–Crippen MR) is 98.8 cm³/mol. The van der Waals surface area contributed by atoms with Crippen LogP contribution in [0.4, 0.5) is 0 Å².